The number of nitrogens with zero attached hydrogens (tertiary/aromatic N) is 4. The number of anilines is 2. The number of carbonyl (C=O) groups is 1. The molecule has 23 heavy (non-hydrogen) atoms. The highest BCUT2D eigenvalue weighted by Crippen LogP contribution is 2.26. The molecule has 0 bridgehead atoms. The number of amides is 1. The van der Waals surface area contributed by atoms with Crippen LogP contribution in [0.5, 0.6) is 0 Å². The second-order valence-electron chi connectivity index (χ2n) is 4.91. The molecule has 0 fully saturated rings. The number of benzene rings is 1. The number of carbonyl (C=O) groups excluding carboxylic acids is 1. The molecular formula is C14H14FN5O3. The molecule has 0 atom stereocenters. The summed E-state index contributed by atoms with van der Waals surface area (Å²) in [6.07, 6.45) is 0. The summed E-state index contributed by atoms with van der Waals surface area (Å²) >= 11 is 0. The maximum absolute atomic E-state index is 13.0. The van der Waals surface area contributed by atoms with Crippen LogP contribution in [-0.2, 0) is 6.54 Å². The van der Waals surface area contributed by atoms with Crippen molar-refractivity contribution in [1.82, 2.24) is 20.1 Å². The lowest BCUT2D eigenvalue weighted by molar-refractivity contribution is 0.0936. The average molecular weight is 319 g/mol. The van der Waals surface area contributed by atoms with Gasteiger partial charge in [0.15, 0.2) is 0 Å². The maximum Gasteiger partial charge on any atom is 0.286 e. The van der Waals surface area contributed by atoms with Gasteiger partial charge in [-0.2, -0.15) is 0 Å². The lowest BCUT2D eigenvalue weighted by Crippen LogP contribution is -2.36. The Morgan fingerprint density at radius 2 is 2.00 bits per heavy atom. The highest BCUT2D eigenvalue weighted by atomic mass is 19.1. The molecule has 0 aliphatic carbocycles. The first-order chi connectivity index (χ1) is 11.1. The summed E-state index contributed by atoms with van der Waals surface area (Å²) in [7, 11) is 0. The molecule has 8 nitrogen and oxygen atoms in total. The summed E-state index contributed by atoms with van der Waals surface area (Å²) in [6, 6.07) is 5.80. The van der Waals surface area contributed by atoms with Crippen LogP contribution in [0.3, 0.4) is 0 Å². The van der Waals surface area contributed by atoms with E-state index in [0.717, 1.165) is 0 Å². The molecule has 2 heterocycles. The minimum absolute atomic E-state index is 0.0312. The lowest BCUT2D eigenvalue weighted by Gasteiger charge is -2.16. The zero-order valence-corrected chi connectivity index (χ0v) is 12.1. The van der Waals surface area contributed by atoms with Crippen LogP contribution in [0.1, 0.15) is 10.5 Å². The molecule has 1 aliphatic rings. The Labute approximate surface area is 130 Å². The zero-order chi connectivity index (χ0) is 16.4. The molecule has 0 saturated carbocycles. The summed E-state index contributed by atoms with van der Waals surface area (Å²) in [5.41, 5.74) is -0.179. The third-order valence-electron chi connectivity index (χ3n) is 3.47. The maximum atomic E-state index is 13.0. The molecule has 0 radical (unpaired) electrons. The molecule has 0 spiro atoms. The first-order valence-electron chi connectivity index (χ1n) is 7.01. The zero-order valence-electron chi connectivity index (χ0n) is 12.1. The molecule has 1 aromatic heterocycles. The molecule has 1 amide bonds. The molecular weight excluding hydrogens is 305 g/mol. The van der Waals surface area contributed by atoms with Gasteiger partial charge in [0.25, 0.3) is 11.5 Å². The number of nitrogens with one attached hydrogen (secondary N) is 1. The minimum Gasteiger partial charge on any atom is -0.395 e. The van der Waals surface area contributed by atoms with Crippen molar-refractivity contribution < 1.29 is 14.3 Å². The number of fused-ring (bicyclic) bond motifs is 1. The van der Waals surface area contributed by atoms with Gasteiger partial charge in [0.05, 0.1) is 6.61 Å². The van der Waals surface area contributed by atoms with Crippen molar-refractivity contribution in [2.24, 2.45) is 0 Å². The molecule has 0 saturated heterocycles. The number of halogens is 1. The van der Waals surface area contributed by atoms with Crippen LogP contribution in [0.4, 0.5) is 16.0 Å². The predicted molar refractivity (Wildman–Crippen MR) is 79.1 cm³/mol. The van der Waals surface area contributed by atoms with E-state index in [-0.39, 0.29) is 24.7 Å². The molecule has 1 aliphatic heterocycles. The van der Waals surface area contributed by atoms with Crippen molar-refractivity contribution in [2.75, 3.05) is 24.6 Å². The van der Waals surface area contributed by atoms with Gasteiger partial charge in [0.2, 0.25) is 11.6 Å². The summed E-state index contributed by atoms with van der Waals surface area (Å²) in [6.45, 7) is 0.617. The Kier molecular flexibility index (Phi) is 4.02. The van der Waals surface area contributed by atoms with Crippen molar-refractivity contribution in [1.29, 1.82) is 0 Å². The van der Waals surface area contributed by atoms with Crippen LogP contribution in [0.25, 0.3) is 0 Å². The van der Waals surface area contributed by atoms with Gasteiger partial charge >= 0.3 is 0 Å². The average Bonchev–Trinajstić information content (AvgIpc) is 2.98. The fraction of sp³-hybridized carbons (Fsp3) is 0.286. The van der Waals surface area contributed by atoms with Crippen molar-refractivity contribution in [2.45, 2.75) is 6.54 Å². The first-order valence-corrected chi connectivity index (χ1v) is 7.01. The van der Waals surface area contributed by atoms with E-state index in [0.29, 0.717) is 24.7 Å². The van der Waals surface area contributed by atoms with Crippen molar-refractivity contribution in [3.8, 4) is 0 Å². The van der Waals surface area contributed by atoms with Crippen LogP contribution in [0, 0.1) is 5.82 Å². The van der Waals surface area contributed by atoms with E-state index in [4.69, 9.17) is 5.11 Å². The van der Waals surface area contributed by atoms with E-state index in [1.165, 1.54) is 16.7 Å². The van der Waals surface area contributed by atoms with Crippen LogP contribution >= 0.6 is 0 Å². The number of aromatic nitrogens is 3. The highest BCUT2D eigenvalue weighted by Gasteiger charge is 2.27. The van der Waals surface area contributed by atoms with Crippen LogP contribution in [0.15, 0.2) is 29.1 Å². The van der Waals surface area contributed by atoms with E-state index in [1.54, 1.807) is 17.0 Å². The number of hydrogen-bond donors (Lipinski definition) is 2. The molecule has 2 aromatic rings. The Morgan fingerprint density at radius 3 is 2.70 bits per heavy atom. The van der Waals surface area contributed by atoms with Crippen molar-refractivity contribution in [3.63, 3.8) is 0 Å². The summed E-state index contributed by atoms with van der Waals surface area (Å²) in [4.78, 5) is 25.9. The van der Waals surface area contributed by atoms with E-state index in [1.807, 2.05) is 0 Å². The van der Waals surface area contributed by atoms with Crippen LogP contribution in [0.2, 0.25) is 0 Å². The Balaban J connectivity index is 1.93. The normalized spacial score (nSPS) is 13.0. The smallest absolute Gasteiger partial charge is 0.286 e. The molecule has 3 rings (SSSR count). The van der Waals surface area contributed by atoms with Gasteiger partial charge < -0.3 is 15.3 Å². The van der Waals surface area contributed by atoms with Gasteiger partial charge in [-0.3, -0.25) is 14.2 Å². The van der Waals surface area contributed by atoms with Crippen molar-refractivity contribution >= 4 is 17.5 Å². The van der Waals surface area contributed by atoms with E-state index in [2.05, 4.69) is 15.5 Å². The largest absolute Gasteiger partial charge is 0.395 e. The Morgan fingerprint density at radius 1 is 1.26 bits per heavy atom. The monoisotopic (exact) mass is 319 g/mol. The third-order valence-corrected chi connectivity index (χ3v) is 3.47. The van der Waals surface area contributed by atoms with Crippen molar-refractivity contribution in [3.05, 3.63) is 46.1 Å². The minimum atomic E-state index is -0.674. The lowest BCUT2D eigenvalue weighted by atomic mass is 10.3. The van der Waals surface area contributed by atoms with Gasteiger partial charge in [0.1, 0.15) is 5.82 Å². The van der Waals surface area contributed by atoms with Gasteiger partial charge in [-0.05, 0) is 24.3 Å². The Bertz CT molecular complexity index is 790. The molecule has 0 unspecified atom stereocenters. The van der Waals surface area contributed by atoms with E-state index < -0.39 is 11.5 Å². The number of aliphatic hydroxyl groups excluding tert-OH is 1. The van der Waals surface area contributed by atoms with Gasteiger partial charge in [-0.1, -0.05) is 0 Å². The topological polar surface area (TPSA) is 100 Å². The van der Waals surface area contributed by atoms with Crippen LogP contribution in [-0.4, -0.2) is 45.5 Å². The number of hydrogen-bond acceptors (Lipinski definition) is 6. The van der Waals surface area contributed by atoms with E-state index in [9.17, 15) is 14.0 Å². The van der Waals surface area contributed by atoms with Crippen LogP contribution < -0.4 is 15.8 Å². The summed E-state index contributed by atoms with van der Waals surface area (Å²) in [5.74, 6) is -0.722. The standard InChI is InChI=1S/C14H14FN5O3/c15-9-1-3-10(4-2-9)19-6-7-20-13(23)11(17-18-14(19)20)12(22)16-5-8-21/h1-4,21H,5-8H2,(H,16,22). The molecule has 2 N–H and O–H groups in total. The second-order valence-corrected chi connectivity index (χ2v) is 4.91. The molecule has 9 heteroatoms. The quantitative estimate of drug-likeness (QED) is 0.799. The van der Waals surface area contributed by atoms with Gasteiger partial charge in [-0.15, -0.1) is 10.2 Å². The fourth-order valence-electron chi connectivity index (χ4n) is 2.37. The molecule has 120 valence electrons. The predicted octanol–water partition coefficient (Wildman–Crippen LogP) is -0.349. The summed E-state index contributed by atoms with van der Waals surface area (Å²) < 4.78 is 14.4. The molecule has 1 aromatic carbocycles. The second kappa shape index (κ2) is 6.13. The fourth-order valence-corrected chi connectivity index (χ4v) is 2.37. The SMILES string of the molecule is O=C(NCCO)c1nnc2n(c1=O)CCN2c1ccc(F)cc1. The third kappa shape index (κ3) is 2.78. The number of rotatable bonds is 4. The van der Waals surface area contributed by atoms with E-state index >= 15 is 0 Å². The highest BCUT2D eigenvalue weighted by molar-refractivity contribution is 5.91. The Hall–Kier alpha value is -2.81. The number of aliphatic hydroxyl groups is 1. The van der Waals surface area contributed by atoms with Gasteiger partial charge in [0, 0.05) is 25.3 Å². The first kappa shape index (κ1) is 15.1. The van der Waals surface area contributed by atoms with Gasteiger partial charge in [-0.25, -0.2) is 4.39 Å². The summed E-state index contributed by atoms with van der Waals surface area (Å²) in [5, 5.41) is 18.7.